The van der Waals surface area contributed by atoms with Crippen molar-refractivity contribution in [2.45, 2.75) is 47.5 Å². The van der Waals surface area contributed by atoms with Crippen LogP contribution in [0.25, 0.3) is 0 Å². The molecule has 1 saturated carbocycles. The zero-order chi connectivity index (χ0) is 12.1. The molecule has 0 spiro atoms. The maximum absolute atomic E-state index is 9.57. The summed E-state index contributed by atoms with van der Waals surface area (Å²) < 4.78 is 0. The summed E-state index contributed by atoms with van der Waals surface area (Å²) >= 11 is 0. The molecular formula is C15H26O. The minimum Gasteiger partial charge on any atom is -0.396 e. The first-order chi connectivity index (χ1) is 7.35. The van der Waals surface area contributed by atoms with E-state index in [9.17, 15) is 5.11 Å². The molecule has 2 aliphatic rings. The van der Waals surface area contributed by atoms with E-state index in [-0.39, 0.29) is 10.8 Å². The molecule has 0 bridgehead atoms. The highest BCUT2D eigenvalue weighted by Gasteiger charge is 2.56. The zero-order valence-electron chi connectivity index (χ0n) is 11.4. The molecular weight excluding hydrogens is 196 g/mol. The van der Waals surface area contributed by atoms with Crippen molar-refractivity contribution in [3.8, 4) is 0 Å². The van der Waals surface area contributed by atoms with Gasteiger partial charge in [-0.3, -0.25) is 0 Å². The summed E-state index contributed by atoms with van der Waals surface area (Å²) in [6, 6.07) is 0. The van der Waals surface area contributed by atoms with E-state index < -0.39 is 0 Å². The van der Waals surface area contributed by atoms with Crippen LogP contribution in [0.5, 0.6) is 0 Å². The van der Waals surface area contributed by atoms with Crippen LogP contribution in [0.15, 0.2) is 11.6 Å². The molecule has 16 heavy (non-hydrogen) atoms. The molecule has 0 saturated heterocycles. The van der Waals surface area contributed by atoms with E-state index in [1.807, 2.05) is 0 Å². The van der Waals surface area contributed by atoms with Gasteiger partial charge in [0.1, 0.15) is 0 Å². The van der Waals surface area contributed by atoms with Crippen molar-refractivity contribution in [2.24, 2.45) is 28.6 Å². The molecule has 4 unspecified atom stereocenters. The summed E-state index contributed by atoms with van der Waals surface area (Å²) in [4.78, 5) is 0. The molecule has 2 rings (SSSR count). The lowest BCUT2D eigenvalue weighted by atomic mass is 9.52. The van der Waals surface area contributed by atoms with Crippen molar-refractivity contribution in [1.29, 1.82) is 0 Å². The lowest BCUT2D eigenvalue weighted by Gasteiger charge is -2.52. The predicted molar refractivity (Wildman–Crippen MR) is 68.1 cm³/mol. The molecule has 2 aliphatic carbocycles. The van der Waals surface area contributed by atoms with Gasteiger partial charge in [-0.05, 0) is 35.5 Å². The third kappa shape index (κ3) is 1.27. The van der Waals surface area contributed by atoms with E-state index in [1.165, 1.54) is 12.8 Å². The van der Waals surface area contributed by atoms with E-state index in [4.69, 9.17) is 0 Å². The average Bonchev–Trinajstić information content (AvgIpc) is 2.43. The monoisotopic (exact) mass is 222 g/mol. The van der Waals surface area contributed by atoms with Gasteiger partial charge in [0.15, 0.2) is 0 Å². The molecule has 0 heterocycles. The number of rotatable bonds is 1. The minimum absolute atomic E-state index is 0.200. The molecule has 1 fully saturated rings. The van der Waals surface area contributed by atoms with Crippen molar-refractivity contribution in [3.05, 3.63) is 11.6 Å². The van der Waals surface area contributed by atoms with E-state index >= 15 is 0 Å². The molecule has 0 aromatic rings. The van der Waals surface area contributed by atoms with Gasteiger partial charge in [-0.1, -0.05) is 46.3 Å². The molecule has 1 heteroatoms. The van der Waals surface area contributed by atoms with Crippen LogP contribution in [0.4, 0.5) is 0 Å². The number of fused-ring (bicyclic) bond motifs is 1. The Morgan fingerprint density at radius 1 is 1.31 bits per heavy atom. The first-order valence-corrected chi connectivity index (χ1v) is 6.67. The molecule has 4 atom stereocenters. The first-order valence-electron chi connectivity index (χ1n) is 6.67. The van der Waals surface area contributed by atoms with Gasteiger partial charge in [0.25, 0.3) is 0 Å². The van der Waals surface area contributed by atoms with Gasteiger partial charge >= 0.3 is 0 Å². The Hall–Kier alpha value is -0.300. The Morgan fingerprint density at radius 3 is 2.50 bits per heavy atom. The number of allylic oxidation sites excluding steroid dienone is 1. The van der Waals surface area contributed by atoms with Gasteiger partial charge < -0.3 is 5.11 Å². The van der Waals surface area contributed by atoms with Crippen LogP contribution in [-0.4, -0.2) is 11.7 Å². The summed E-state index contributed by atoms with van der Waals surface area (Å²) in [7, 11) is 0. The number of hydrogen-bond acceptors (Lipinski definition) is 1. The lowest BCUT2D eigenvalue weighted by Crippen LogP contribution is -2.46. The summed E-state index contributed by atoms with van der Waals surface area (Å²) in [5.74, 6) is 1.87. The first kappa shape index (κ1) is 12.2. The van der Waals surface area contributed by atoms with Gasteiger partial charge in [0, 0.05) is 12.5 Å². The predicted octanol–water partition coefficient (Wildman–Crippen LogP) is 3.63. The molecule has 0 aromatic heterocycles. The summed E-state index contributed by atoms with van der Waals surface area (Å²) in [6.45, 7) is 12.2. The fraction of sp³-hybridized carbons (Fsp3) is 0.867. The largest absolute Gasteiger partial charge is 0.396 e. The van der Waals surface area contributed by atoms with E-state index in [0.717, 1.165) is 11.8 Å². The molecule has 92 valence electrons. The van der Waals surface area contributed by atoms with E-state index in [0.29, 0.717) is 12.5 Å². The molecule has 1 nitrogen and oxygen atoms in total. The molecule has 1 N–H and O–H groups in total. The number of aliphatic hydroxyl groups excluding tert-OH is 1. The van der Waals surface area contributed by atoms with E-state index in [2.05, 4.69) is 40.7 Å². The minimum atomic E-state index is 0.200. The van der Waals surface area contributed by atoms with Gasteiger partial charge in [-0.15, -0.1) is 0 Å². The quantitative estimate of drug-likeness (QED) is 0.672. The van der Waals surface area contributed by atoms with Gasteiger partial charge in [0.2, 0.25) is 0 Å². The average molecular weight is 222 g/mol. The van der Waals surface area contributed by atoms with Gasteiger partial charge in [0.05, 0.1) is 0 Å². The van der Waals surface area contributed by atoms with Crippen LogP contribution in [-0.2, 0) is 0 Å². The Kier molecular flexibility index (Phi) is 2.73. The molecule has 0 aromatic carbocycles. The highest BCUT2D eigenvalue weighted by Crippen LogP contribution is 2.64. The summed E-state index contributed by atoms with van der Waals surface area (Å²) in [5.41, 5.74) is 2.10. The SMILES string of the molecule is CC1CCC2=CC(CO)C(C)(C)C2(C)C1C. The van der Waals surface area contributed by atoms with Crippen LogP contribution in [0.3, 0.4) is 0 Å². The maximum atomic E-state index is 9.57. The van der Waals surface area contributed by atoms with Crippen molar-refractivity contribution in [1.82, 2.24) is 0 Å². The maximum Gasteiger partial charge on any atom is 0.0499 e. The fourth-order valence-electron chi connectivity index (χ4n) is 4.13. The summed E-state index contributed by atoms with van der Waals surface area (Å²) in [5, 5.41) is 9.57. The highest BCUT2D eigenvalue weighted by atomic mass is 16.3. The van der Waals surface area contributed by atoms with Crippen LogP contribution in [0.1, 0.15) is 47.5 Å². The second-order valence-electron chi connectivity index (χ2n) is 6.71. The molecule has 0 radical (unpaired) electrons. The molecule has 0 amide bonds. The van der Waals surface area contributed by atoms with Crippen LogP contribution >= 0.6 is 0 Å². The van der Waals surface area contributed by atoms with Crippen LogP contribution < -0.4 is 0 Å². The number of hydrogen-bond donors (Lipinski definition) is 1. The van der Waals surface area contributed by atoms with Crippen molar-refractivity contribution >= 4 is 0 Å². The Labute approximate surface area is 99.9 Å². The zero-order valence-corrected chi connectivity index (χ0v) is 11.4. The summed E-state index contributed by atoms with van der Waals surface area (Å²) in [6.07, 6.45) is 4.93. The Morgan fingerprint density at radius 2 is 1.94 bits per heavy atom. The third-order valence-corrected chi connectivity index (χ3v) is 6.16. The Bertz CT molecular complexity index is 315. The van der Waals surface area contributed by atoms with E-state index in [1.54, 1.807) is 5.57 Å². The second-order valence-corrected chi connectivity index (χ2v) is 6.71. The smallest absolute Gasteiger partial charge is 0.0499 e. The number of aliphatic hydroxyl groups is 1. The topological polar surface area (TPSA) is 20.2 Å². The van der Waals surface area contributed by atoms with Crippen molar-refractivity contribution < 1.29 is 5.11 Å². The van der Waals surface area contributed by atoms with Gasteiger partial charge in [-0.25, -0.2) is 0 Å². The molecule has 0 aliphatic heterocycles. The van der Waals surface area contributed by atoms with Gasteiger partial charge in [-0.2, -0.15) is 0 Å². The second kappa shape index (κ2) is 3.60. The Balaban J connectivity index is 2.44. The van der Waals surface area contributed by atoms with Crippen molar-refractivity contribution in [2.75, 3.05) is 6.61 Å². The highest BCUT2D eigenvalue weighted by molar-refractivity contribution is 5.31. The normalized spacial score (nSPS) is 46.4. The lowest BCUT2D eigenvalue weighted by molar-refractivity contribution is -0.00746. The third-order valence-electron chi connectivity index (χ3n) is 6.16. The fourth-order valence-corrected chi connectivity index (χ4v) is 4.13. The van der Waals surface area contributed by atoms with Crippen LogP contribution in [0, 0.1) is 28.6 Å². The van der Waals surface area contributed by atoms with Crippen LogP contribution in [0.2, 0.25) is 0 Å². The standard InChI is InChI=1S/C15H26O/c1-10-6-7-12-8-13(9-16)14(3,4)15(12,5)11(10)2/h8,10-11,13,16H,6-7,9H2,1-5H3. The van der Waals surface area contributed by atoms with Crippen molar-refractivity contribution in [3.63, 3.8) is 0 Å².